The average molecular weight is 769 g/mol. The molecule has 60 heavy (non-hydrogen) atoms. The number of benzene rings is 5. The van der Waals surface area contributed by atoms with Crippen molar-refractivity contribution < 1.29 is 8.78 Å². The molecule has 5 aromatic rings. The first kappa shape index (κ1) is 38.1. The molecule has 0 saturated heterocycles. The van der Waals surface area contributed by atoms with Gasteiger partial charge in [-0.25, -0.2) is 8.78 Å². The van der Waals surface area contributed by atoms with E-state index in [1.807, 2.05) is 24.3 Å². The summed E-state index contributed by atoms with van der Waals surface area (Å²) >= 11 is 0. The van der Waals surface area contributed by atoms with Crippen LogP contribution in [0.1, 0.15) is 77.9 Å². The van der Waals surface area contributed by atoms with E-state index in [2.05, 4.69) is 36.4 Å². The van der Waals surface area contributed by atoms with Crippen molar-refractivity contribution in [2.75, 3.05) is 0 Å². The van der Waals surface area contributed by atoms with Gasteiger partial charge in [-0.2, -0.15) is 52.6 Å². The van der Waals surface area contributed by atoms with Crippen LogP contribution in [-0.2, 0) is 0 Å². The lowest BCUT2D eigenvalue weighted by atomic mass is 9.81. The van der Waals surface area contributed by atoms with Gasteiger partial charge in [0.2, 0.25) is 0 Å². The van der Waals surface area contributed by atoms with Crippen molar-refractivity contribution in [2.24, 2.45) is 0 Å². The highest BCUT2D eigenvalue weighted by atomic mass is 19.1. The van der Waals surface area contributed by atoms with E-state index in [1.54, 1.807) is 0 Å². The summed E-state index contributed by atoms with van der Waals surface area (Å²) in [6, 6.07) is 37.9. The molecule has 2 aliphatic carbocycles. The van der Waals surface area contributed by atoms with Crippen molar-refractivity contribution in [3.8, 4) is 60.7 Å². The average Bonchev–Trinajstić information content (AvgIpc) is 3.79. The second-order valence-corrected chi connectivity index (χ2v) is 13.0. The Bertz CT molecular complexity index is 3130. The molecule has 0 aliphatic heterocycles. The molecule has 0 heterocycles. The van der Waals surface area contributed by atoms with E-state index in [1.165, 1.54) is 60.7 Å². The normalized spacial score (nSPS) is 13.6. The number of nitrogens with zero attached hydrogens (tertiary/aromatic N) is 10. The molecule has 0 radical (unpaired) electrons. The molecule has 12 heteroatoms. The lowest BCUT2D eigenvalue weighted by molar-refractivity contribution is 0.627. The zero-order chi connectivity index (χ0) is 42.8. The molecule has 0 spiro atoms. The Morgan fingerprint density at radius 2 is 0.683 bits per heavy atom. The summed E-state index contributed by atoms with van der Waals surface area (Å²) in [6.07, 6.45) is 0. The second-order valence-electron chi connectivity index (χ2n) is 13.0. The number of hydrogen-bond donors (Lipinski definition) is 0. The predicted molar refractivity (Wildman–Crippen MR) is 210 cm³/mol. The molecule has 5 aromatic carbocycles. The summed E-state index contributed by atoms with van der Waals surface area (Å²) in [4.78, 5) is 0. The molecule has 0 N–H and O–H groups in total. The van der Waals surface area contributed by atoms with E-state index in [-0.39, 0.29) is 122 Å². The van der Waals surface area contributed by atoms with Gasteiger partial charge in [0.25, 0.3) is 0 Å². The maximum absolute atomic E-state index is 14.4. The predicted octanol–water partition coefficient (Wildman–Crippen LogP) is 8.96. The Labute approximate surface area is 340 Å². The van der Waals surface area contributed by atoms with Gasteiger partial charge in [-0.1, -0.05) is 24.3 Å². The molecule has 270 valence electrons. The van der Waals surface area contributed by atoms with Gasteiger partial charge in [0.1, 0.15) is 48.0 Å². The summed E-state index contributed by atoms with van der Waals surface area (Å²) in [5.41, 5.74) is -2.18. The van der Waals surface area contributed by atoms with Gasteiger partial charge in [0.05, 0.1) is 80.0 Å². The molecular formula is C48H14F2N10. The molecule has 0 bridgehead atoms. The number of halogens is 2. The lowest BCUT2D eigenvalue weighted by Gasteiger charge is -2.18. The zero-order valence-corrected chi connectivity index (χ0v) is 30.3. The van der Waals surface area contributed by atoms with E-state index in [4.69, 9.17) is 0 Å². The van der Waals surface area contributed by atoms with Gasteiger partial charge in [-0.15, -0.1) is 0 Å². The molecule has 0 atom stereocenters. The van der Waals surface area contributed by atoms with Crippen LogP contribution in [0.2, 0.25) is 0 Å². The van der Waals surface area contributed by atoms with E-state index >= 15 is 0 Å². The number of allylic oxidation sites excluding steroid dienone is 8. The quantitative estimate of drug-likeness (QED) is 0.157. The summed E-state index contributed by atoms with van der Waals surface area (Å²) in [7, 11) is 0. The standard InChI is InChI=1S/C48H14F2N10/c49-33-5-1-29(2-6-33)41-37(21-57)43-39(23-59)48-44(40(24-60)47(43)45(41)35(19-55)31-11-25(15-51)9-26(12-31)16-52)38(22-58)42(30-3-7-34(50)8-4-30)46(48)36(20-56)32-13-27(17-53)10-28(14-32)18-54/h1-14H/b45-35+,46-36+. The molecular weight excluding hydrogens is 755 g/mol. The Hall–Kier alpha value is -10.2. The van der Waals surface area contributed by atoms with E-state index in [9.17, 15) is 61.4 Å². The van der Waals surface area contributed by atoms with Crippen LogP contribution >= 0.6 is 0 Å². The van der Waals surface area contributed by atoms with Crippen molar-refractivity contribution in [2.45, 2.75) is 0 Å². The van der Waals surface area contributed by atoms with Crippen LogP contribution in [0.4, 0.5) is 8.78 Å². The molecule has 0 saturated carbocycles. The minimum Gasteiger partial charge on any atom is -0.207 e. The van der Waals surface area contributed by atoms with Crippen LogP contribution in [0.5, 0.6) is 0 Å². The van der Waals surface area contributed by atoms with Gasteiger partial charge in [-0.3, -0.25) is 0 Å². The topological polar surface area (TPSA) is 238 Å². The fourth-order valence-electron chi connectivity index (χ4n) is 7.59. The fraction of sp³-hybridized carbons (Fsp3) is 0. The van der Waals surface area contributed by atoms with E-state index < -0.39 is 11.6 Å². The summed E-state index contributed by atoms with van der Waals surface area (Å²) in [5, 5.41) is 106. The molecule has 10 nitrogen and oxygen atoms in total. The van der Waals surface area contributed by atoms with Crippen molar-refractivity contribution in [1.29, 1.82) is 52.6 Å². The van der Waals surface area contributed by atoms with Gasteiger partial charge >= 0.3 is 0 Å². The maximum atomic E-state index is 14.4. The molecule has 0 amide bonds. The first-order chi connectivity index (χ1) is 29.1. The third-order valence-corrected chi connectivity index (χ3v) is 9.90. The van der Waals surface area contributed by atoms with Crippen molar-refractivity contribution >= 4 is 44.6 Å². The van der Waals surface area contributed by atoms with E-state index in [0.717, 1.165) is 24.3 Å². The minimum atomic E-state index is -0.648. The highest BCUT2D eigenvalue weighted by molar-refractivity contribution is 6.36. The highest BCUT2D eigenvalue weighted by Gasteiger charge is 2.43. The minimum absolute atomic E-state index is 0.00640. The van der Waals surface area contributed by atoms with Gasteiger partial charge in [0.15, 0.2) is 0 Å². The molecule has 0 unspecified atom stereocenters. The van der Waals surface area contributed by atoms with Crippen molar-refractivity contribution in [3.05, 3.63) is 174 Å². The SMILES string of the molecule is N#CC1=C(c2ccc(F)cc2)/C(=C(/C#N)c2cc(C#N)cc(C#N)c2)c2c(C#N)c3c(c(C#N)c21)/C(=C(\C#N)c1cc(C#N)cc(C#N)c1)C(c1ccc(F)cc1)=C3C#N. The third-order valence-electron chi connectivity index (χ3n) is 9.90. The smallest absolute Gasteiger partial charge is 0.123 e. The Balaban J connectivity index is 1.79. The summed E-state index contributed by atoms with van der Waals surface area (Å²) in [6.45, 7) is 0. The van der Waals surface area contributed by atoms with Crippen LogP contribution in [0, 0.1) is 125 Å². The largest absolute Gasteiger partial charge is 0.207 e. The first-order valence-electron chi connectivity index (χ1n) is 17.2. The Morgan fingerprint density at radius 3 is 0.933 bits per heavy atom. The second kappa shape index (κ2) is 15.2. The van der Waals surface area contributed by atoms with Crippen LogP contribution < -0.4 is 0 Å². The maximum Gasteiger partial charge on any atom is 0.123 e. The molecule has 7 rings (SSSR count). The number of hydrogen-bond acceptors (Lipinski definition) is 10. The monoisotopic (exact) mass is 768 g/mol. The third kappa shape index (κ3) is 5.85. The Morgan fingerprint density at radius 1 is 0.367 bits per heavy atom. The summed E-state index contributed by atoms with van der Waals surface area (Å²) < 4.78 is 28.8. The summed E-state index contributed by atoms with van der Waals surface area (Å²) in [5.74, 6) is -1.30. The number of rotatable bonds is 4. The molecule has 2 aliphatic rings. The van der Waals surface area contributed by atoms with Crippen molar-refractivity contribution in [1.82, 2.24) is 0 Å². The van der Waals surface area contributed by atoms with E-state index in [0.29, 0.717) is 0 Å². The van der Waals surface area contributed by atoms with Gasteiger partial charge in [-0.05, 0) is 82.9 Å². The van der Waals surface area contributed by atoms with Crippen LogP contribution in [0.3, 0.4) is 0 Å². The van der Waals surface area contributed by atoms with Crippen molar-refractivity contribution in [3.63, 3.8) is 0 Å². The molecule has 0 aromatic heterocycles. The first-order valence-corrected chi connectivity index (χ1v) is 17.2. The van der Waals surface area contributed by atoms with Gasteiger partial charge in [0, 0.05) is 44.5 Å². The molecule has 0 fully saturated rings. The highest BCUT2D eigenvalue weighted by Crippen LogP contribution is 2.59. The van der Waals surface area contributed by atoms with Crippen LogP contribution in [0.25, 0.3) is 44.6 Å². The lowest BCUT2D eigenvalue weighted by Crippen LogP contribution is -2.05. The number of nitriles is 10. The van der Waals surface area contributed by atoms with Gasteiger partial charge < -0.3 is 0 Å². The van der Waals surface area contributed by atoms with Crippen LogP contribution in [-0.4, -0.2) is 0 Å². The Kier molecular flexibility index (Phi) is 9.63. The number of fused-ring (bicyclic) bond motifs is 2. The zero-order valence-electron chi connectivity index (χ0n) is 30.3. The fourth-order valence-corrected chi connectivity index (χ4v) is 7.59. The van der Waals surface area contributed by atoms with Crippen LogP contribution in [0.15, 0.2) is 84.9 Å².